The van der Waals surface area contributed by atoms with Gasteiger partial charge in [0, 0.05) is 0 Å². The summed E-state index contributed by atoms with van der Waals surface area (Å²) in [5.74, 6) is 0.666. The minimum absolute atomic E-state index is 0.666. The van der Waals surface area contributed by atoms with Gasteiger partial charge in [0.15, 0.2) is 0 Å². The predicted octanol–water partition coefficient (Wildman–Crippen LogP) is 6.37. The molecule has 106 valence electrons. The average Bonchev–Trinajstić information content (AvgIpc) is 2.65. The molecule has 19 heavy (non-hydrogen) atoms. The molecular weight excluding hydrogens is 228 g/mol. The first-order valence-corrected chi connectivity index (χ1v) is 7.73. The summed E-state index contributed by atoms with van der Waals surface area (Å²) in [6.07, 6.45) is 15.8. The van der Waals surface area contributed by atoms with Crippen LogP contribution in [-0.2, 0) is 0 Å². The molecule has 1 saturated carbocycles. The Morgan fingerprint density at radius 2 is 1.89 bits per heavy atom. The first-order valence-electron chi connectivity index (χ1n) is 7.73. The van der Waals surface area contributed by atoms with Crippen molar-refractivity contribution in [3.05, 3.63) is 48.6 Å². The van der Waals surface area contributed by atoms with Crippen LogP contribution in [0.3, 0.4) is 0 Å². The van der Waals surface area contributed by atoms with Crippen molar-refractivity contribution in [2.24, 2.45) is 5.92 Å². The molecule has 1 aliphatic carbocycles. The van der Waals surface area contributed by atoms with Crippen molar-refractivity contribution in [1.82, 2.24) is 0 Å². The van der Waals surface area contributed by atoms with Crippen LogP contribution < -0.4 is 0 Å². The molecule has 0 saturated heterocycles. The van der Waals surface area contributed by atoms with Gasteiger partial charge in [0.1, 0.15) is 0 Å². The summed E-state index contributed by atoms with van der Waals surface area (Å²) in [6.45, 7) is 14.3. The lowest BCUT2D eigenvalue weighted by molar-refractivity contribution is 0.640. The monoisotopic (exact) mass is 258 g/mol. The Kier molecular flexibility index (Phi) is 7.55. The molecule has 0 radical (unpaired) electrons. The third kappa shape index (κ3) is 7.20. The van der Waals surface area contributed by atoms with E-state index in [1.807, 2.05) is 0 Å². The summed E-state index contributed by atoms with van der Waals surface area (Å²) in [7, 11) is 0. The van der Waals surface area contributed by atoms with Gasteiger partial charge < -0.3 is 0 Å². The highest BCUT2D eigenvalue weighted by Crippen LogP contribution is 2.35. The highest BCUT2D eigenvalue weighted by Gasteiger charge is 2.20. The molecule has 0 amide bonds. The van der Waals surface area contributed by atoms with Crippen LogP contribution in [0.25, 0.3) is 0 Å². The zero-order chi connectivity index (χ0) is 14.1. The number of hydrogen-bond donors (Lipinski definition) is 0. The molecular formula is C19H30. The van der Waals surface area contributed by atoms with Gasteiger partial charge in [0.05, 0.1) is 0 Å². The van der Waals surface area contributed by atoms with Crippen molar-refractivity contribution in [2.45, 2.75) is 64.7 Å². The van der Waals surface area contributed by atoms with E-state index < -0.39 is 0 Å². The lowest BCUT2D eigenvalue weighted by Gasteiger charge is -2.06. The van der Waals surface area contributed by atoms with Gasteiger partial charge in [-0.25, -0.2) is 0 Å². The minimum Gasteiger partial charge on any atom is -0.100 e. The zero-order valence-electron chi connectivity index (χ0n) is 12.7. The van der Waals surface area contributed by atoms with Crippen LogP contribution in [-0.4, -0.2) is 0 Å². The quantitative estimate of drug-likeness (QED) is 0.333. The van der Waals surface area contributed by atoms with E-state index in [0.717, 1.165) is 19.3 Å². The van der Waals surface area contributed by atoms with Crippen molar-refractivity contribution in [3.8, 4) is 0 Å². The highest BCUT2D eigenvalue weighted by molar-refractivity contribution is 5.22. The van der Waals surface area contributed by atoms with E-state index in [4.69, 9.17) is 0 Å². The Labute approximate surface area is 120 Å². The molecule has 0 aromatic rings. The summed E-state index contributed by atoms with van der Waals surface area (Å²) in [4.78, 5) is 0. The van der Waals surface area contributed by atoms with Crippen LogP contribution in [0.4, 0.5) is 0 Å². The van der Waals surface area contributed by atoms with Crippen molar-refractivity contribution in [1.29, 1.82) is 0 Å². The summed E-state index contributed by atoms with van der Waals surface area (Å²) < 4.78 is 0. The number of unbranched alkanes of at least 4 members (excludes halogenated alkanes) is 4. The second-order valence-electron chi connectivity index (χ2n) is 6.10. The largest absolute Gasteiger partial charge is 0.100 e. The molecule has 0 bridgehead atoms. The maximum Gasteiger partial charge on any atom is -0.0111 e. The van der Waals surface area contributed by atoms with Crippen molar-refractivity contribution < 1.29 is 0 Å². The van der Waals surface area contributed by atoms with Gasteiger partial charge in [0.25, 0.3) is 0 Å². The normalized spacial score (nSPS) is 19.5. The van der Waals surface area contributed by atoms with Gasteiger partial charge in [-0.15, -0.1) is 6.58 Å². The van der Waals surface area contributed by atoms with E-state index >= 15 is 0 Å². The Morgan fingerprint density at radius 3 is 2.53 bits per heavy atom. The molecule has 1 aliphatic rings. The number of hydrogen-bond acceptors (Lipinski definition) is 0. The van der Waals surface area contributed by atoms with Gasteiger partial charge in [-0.05, 0) is 57.8 Å². The molecule has 0 heteroatoms. The van der Waals surface area contributed by atoms with Gasteiger partial charge in [-0.3, -0.25) is 0 Å². The Bertz CT molecular complexity index is 343. The smallest absolute Gasteiger partial charge is 0.0111 e. The average molecular weight is 258 g/mol. The van der Waals surface area contributed by atoms with E-state index in [1.54, 1.807) is 0 Å². The van der Waals surface area contributed by atoms with Crippen molar-refractivity contribution in [3.63, 3.8) is 0 Å². The second-order valence-corrected chi connectivity index (χ2v) is 6.10. The first-order chi connectivity index (χ1) is 9.09. The Morgan fingerprint density at radius 1 is 1.16 bits per heavy atom. The third-order valence-corrected chi connectivity index (χ3v) is 3.90. The van der Waals surface area contributed by atoms with Crippen LogP contribution >= 0.6 is 0 Å². The molecule has 0 aromatic heterocycles. The van der Waals surface area contributed by atoms with Crippen molar-refractivity contribution >= 4 is 0 Å². The van der Waals surface area contributed by atoms with Gasteiger partial charge in [-0.1, -0.05) is 54.9 Å². The maximum atomic E-state index is 4.15. The standard InChI is InChI=1S/C19H30/c1-16(2)12-10-8-6-5-7-9-11-13-19-15-17(3)14-18(19)4/h9,11,19H,1,3-8,10,12-15H2,2H3. The first kappa shape index (κ1) is 16.0. The molecule has 0 spiro atoms. The molecule has 0 aromatic carbocycles. The number of allylic oxidation sites excluding steroid dienone is 5. The Balaban J connectivity index is 1.97. The third-order valence-electron chi connectivity index (χ3n) is 3.90. The van der Waals surface area contributed by atoms with Gasteiger partial charge in [-0.2, -0.15) is 0 Å². The fourth-order valence-corrected chi connectivity index (χ4v) is 2.70. The van der Waals surface area contributed by atoms with Crippen LogP contribution in [0.15, 0.2) is 48.6 Å². The fourth-order valence-electron chi connectivity index (χ4n) is 2.70. The maximum absolute atomic E-state index is 4.15. The molecule has 1 fully saturated rings. The molecule has 0 nitrogen and oxygen atoms in total. The molecule has 1 unspecified atom stereocenters. The summed E-state index contributed by atoms with van der Waals surface area (Å²) in [6, 6.07) is 0. The molecule has 0 N–H and O–H groups in total. The number of rotatable bonds is 9. The van der Waals surface area contributed by atoms with Crippen LogP contribution in [0.1, 0.15) is 64.7 Å². The predicted molar refractivity (Wildman–Crippen MR) is 87.3 cm³/mol. The van der Waals surface area contributed by atoms with E-state index in [2.05, 4.69) is 38.8 Å². The zero-order valence-corrected chi connectivity index (χ0v) is 12.7. The lowest BCUT2D eigenvalue weighted by atomic mass is 9.99. The van der Waals surface area contributed by atoms with Crippen LogP contribution in [0, 0.1) is 5.92 Å². The summed E-state index contributed by atoms with van der Waals surface area (Å²) in [5, 5.41) is 0. The van der Waals surface area contributed by atoms with E-state index in [0.29, 0.717) is 5.92 Å². The molecule has 1 rings (SSSR count). The van der Waals surface area contributed by atoms with Crippen LogP contribution in [0.2, 0.25) is 0 Å². The molecule has 1 atom stereocenters. The summed E-state index contributed by atoms with van der Waals surface area (Å²) >= 11 is 0. The van der Waals surface area contributed by atoms with Crippen LogP contribution in [0.5, 0.6) is 0 Å². The highest BCUT2D eigenvalue weighted by atomic mass is 14.2. The Hall–Kier alpha value is -1.04. The molecule has 0 heterocycles. The lowest BCUT2D eigenvalue weighted by Crippen LogP contribution is -1.92. The van der Waals surface area contributed by atoms with Crippen molar-refractivity contribution in [2.75, 3.05) is 0 Å². The SMILES string of the molecule is C=C(C)CCCCCCC=CCC1CC(=C)CC1=C. The molecule has 0 aliphatic heterocycles. The minimum atomic E-state index is 0.666. The topological polar surface area (TPSA) is 0 Å². The van der Waals surface area contributed by atoms with E-state index in [1.165, 1.54) is 55.2 Å². The second kappa shape index (κ2) is 8.96. The summed E-state index contributed by atoms with van der Waals surface area (Å²) in [5.41, 5.74) is 4.06. The van der Waals surface area contributed by atoms with Gasteiger partial charge >= 0.3 is 0 Å². The fraction of sp³-hybridized carbons (Fsp3) is 0.579. The van der Waals surface area contributed by atoms with E-state index in [9.17, 15) is 0 Å². The van der Waals surface area contributed by atoms with Gasteiger partial charge in [0.2, 0.25) is 0 Å². The van der Waals surface area contributed by atoms with E-state index in [-0.39, 0.29) is 0 Å².